The van der Waals surface area contributed by atoms with Gasteiger partial charge in [-0.25, -0.2) is 9.13 Å². The number of rotatable bonds is 83. The van der Waals surface area contributed by atoms with E-state index < -0.39 is 97.5 Å². The van der Waals surface area contributed by atoms with Crippen LogP contribution in [0.5, 0.6) is 0 Å². The second-order valence-electron chi connectivity index (χ2n) is 31.2. The number of carbonyl (C=O) groups is 4. The summed E-state index contributed by atoms with van der Waals surface area (Å²) in [5, 5.41) is 10.7. The fourth-order valence-corrected chi connectivity index (χ4v) is 14.5. The number of phosphoric ester groups is 2. The molecule has 0 bridgehead atoms. The third-order valence-corrected chi connectivity index (χ3v) is 21.5. The maximum Gasteiger partial charge on any atom is 0.472 e. The van der Waals surface area contributed by atoms with Crippen molar-refractivity contribution in [2.24, 2.45) is 11.8 Å². The van der Waals surface area contributed by atoms with Crippen LogP contribution in [-0.4, -0.2) is 96.7 Å². The minimum atomic E-state index is -4.97. The van der Waals surface area contributed by atoms with E-state index in [1.165, 1.54) is 231 Å². The molecule has 0 aromatic heterocycles. The van der Waals surface area contributed by atoms with Gasteiger partial charge in [0.2, 0.25) is 0 Å². The molecule has 0 aromatic carbocycles. The average Bonchev–Trinajstić information content (AvgIpc) is 0.918. The normalized spacial score (nSPS) is 14.0. The SMILES string of the molecule is CCCCCC/C=C\C=C/CCCCCCCC(=O)O[C@H](COC(=O)CCCCCCCCCCC(C)C)COP(=O)(O)OC[C@H](O)COP(=O)(O)OC[C@@H](COC(=O)CCCCCCCCCCCCCCCCCCCC)OC(=O)CCCCCCCCCCCCCCCCCCCCC(C)C. The lowest BCUT2D eigenvalue weighted by Crippen LogP contribution is -2.30. The van der Waals surface area contributed by atoms with Gasteiger partial charge in [0.25, 0.3) is 0 Å². The molecule has 0 saturated heterocycles. The lowest BCUT2D eigenvalue weighted by Gasteiger charge is -2.21. The molecule has 0 fully saturated rings. The molecular formula is C86H164O17P2. The largest absolute Gasteiger partial charge is 0.472 e. The maximum atomic E-state index is 13.1. The number of aliphatic hydroxyl groups is 1. The number of hydrogen-bond acceptors (Lipinski definition) is 15. The van der Waals surface area contributed by atoms with Crippen molar-refractivity contribution in [1.82, 2.24) is 0 Å². The summed E-state index contributed by atoms with van der Waals surface area (Å²) in [6.45, 7) is 9.60. The van der Waals surface area contributed by atoms with Crippen molar-refractivity contribution in [3.05, 3.63) is 24.3 Å². The molecule has 2 unspecified atom stereocenters. The smallest absolute Gasteiger partial charge is 0.462 e. The fraction of sp³-hybridized carbons (Fsp3) is 0.907. The van der Waals surface area contributed by atoms with Crippen LogP contribution in [0.2, 0.25) is 0 Å². The van der Waals surface area contributed by atoms with E-state index in [1.54, 1.807) is 0 Å². The lowest BCUT2D eigenvalue weighted by molar-refractivity contribution is -0.161. The first-order chi connectivity index (χ1) is 50.9. The quantitative estimate of drug-likeness (QED) is 0.0169. The molecule has 0 aliphatic carbocycles. The first-order valence-corrected chi connectivity index (χ1v) is 46.8. The highest BCUT2D eigenvalue weighted by Gasteiger charge is 2.30. The lowest BCUT2D eigenvalue weighted by atomic mass is 10.0. The molecule has 0 aliphatic rings. The Balaban J connectivity index is 5.27. The summed E-state index contributed by atoms with van der Waals surface area (Å²) in [7, 11) is -9.94. The van der Waals surface area contributed by atoms with E-state index in [0.29, 0.717) is 25.7 Å². The van der Waals surface area contributed by atoms with Crippen LogP contribution in [-0.2, 0) is 65.4 Å². The second-order valence-corrected chi connectivity index (χ2v) is 34.1. The van der Waals surface area contributed by atoms with Crippen molar-refractivity contribution in [1.29, 1.82) is 0 Å². The Hall–Kier alpha value is -2.46. The van der Waals surface area contributed by atoms with Crippen LogP contribution in [0.25, 0.3) is 0 Å². The van der Waals surface area contributed by atoms with Gasteiger partial charge in [-0.3, -0.25) is 37.3 Å². The highest BCUT2D eigenvalue weighted by molar-refractivity contribution is 7.47. The molecule has 5 atom stereocenters. The average molecular weight is 1530 g/mol. The van der Waals surface area contributed by atoms with Gasteiger partial charge in [0.05, 0.1) is 26.4 Å². The zero-order chi connectivity index (χ0) is 77.1. The van der Waals surface area contributed by atoms with Crippen LogP contribution in [0, 0.1) is 11.8 Å². The van der Waals surface area contributed by atoms with Crippen molar-refractivity contribution >= 4 is 39.5 Å². The van der Waals surface area contributed by atoms with Crippen LogP contribution >= 0.6 is 15.6 Å². The molecule has 17 nitrogen and oxygen atoms in total. The Bertz CT molecular complexity index is 2110. The molecule has 0 spiro atoms. The molecule has 0 amide bonds. The highest BCUT2D eigenvalue weighted by Crippen LogP contribution is 2.45. The van der Waals surface area contributed by atoms with Crippen molar-refractivity contribution in [3.63, 3.8) is 0 Å². The number of esters is 4. The first-order valence-electron chi connectivity index (χ1n) is 43.8. The van der Waals surface area contributed by atoms with Gasteiger partial charge in [-0.05, 0) is 63.2 Å². The van der Waals surface area contributed by atoms with Crippen molar-refractivity contribution in [2.75, 3.05) is 39.6 Å². The molecule has 0 radical (unpaired) electrons. The summed E-state index contributed by atoms with van der Waals surface area (Å²) in [6.07, 6.45) is 71.7. The molecule has 620 valence electrons. The Labute approximate surface area is 643 Å². The minimum Gasteiger partial charge on any atom is -0.462 e. The van der Waals surface area contributed by atoms with Crippen LogP contribution in [0.1, 0.15) is 433 Å². The molecule has 0 saturated carbocycles. The van der Waals surface area contributed by atoms with Gasteiger partial charge in [0.15, 0.2) is 12.2 Å². The summed E-state index contributed by atoms with van der Waals surface area (Å²) in [5.41, 5.74) is 0. The number of phosphoric acid groups is 2. The Kier molecular flexibility index (Phi) is 75.1. The predicted molar refractivity (Wildman–Crippen MR) is 432 cm³/mol. The number of ether oxygens (including phenoxy) is 4. The molecule has 0 rings (SSSR count). The van der Waals surface area contributed by atoms with Crippen LogP contribution < -0.4 is 0 Å². The van der Waals surface area contributed by atoms with Gasteiger partial charge in [0.1, 0.15) is 19.3 Å². The monoisotopic (exact) mass is 1530 g/mol. The molecule has 0 heterocycles. The number of carbonyl (C=O) groups excluding carboxylic acids is 4. The van der Waals surface area contributed by atoms with Gasteiger partial charge >= 0.3 is 39.5 Å². The topological polar surface area (TPSA) is 237 Å². The van der Waals surface area contributed by atoms with Gasteiger partial charge in [-0.2, -0.15) is 0 Å². The number of unbranched alkanes of at least 4 members (excludes halogenated alkanes) is 50. The first kappa shape index (κ1) is 103. The van der Waals surface area contributed by atoms with E-state index in [2.05, 4.69) is 65.8 Å². The highest BCUT2D eigenvalue weighted by atomic mass is 31.2. The van der Waals surface area contributed by atoms with E-state index >= 15 is 0 Å². The molecule has 105 heavy (non-hydrogen) atoms. The maximum absolute atomic E-state index is 13.1. The zero-order valence-electron chi connectivity index (χ0n) is 68.5. The van der Waals surface area contributed by atoms with Crippen LogP contribution in [0.15, 0.2) is 24.3 Å². The molecule has 19 heteroatoms. The van der Waals surface area contributed by atoms with E-state index in [0.717, 1.165) is 121 Å². The molecule has 0 aromatic rings. The Morgan fingerprint density at radius 2 is 0.514 bits per heavy atom. The van der Waals surface area contributed by atoms with Gasteiger partial charge in [-0.15, -0.1) is 0 Å². The van der Waals surface area contributed by atoms with Gasteiger partial charge in [0, 0.05) is 25.7 Å². The van der Waals surface area contributed by atoms with E-state index in [1.807, 2.05) is 0 Å². The number of allylic oxidation sites excluding steroid dienone is 4. The van der Waals surface area contributed by atoms with Crippen molar-refractivity contribution in [3.8, 4) is 0 Å². The predicted octanol–water partition coefficient (Wildman–Crippen LogP) is 25.8. The second kappa shape index (κ2) is 76.9. The summed E-state index contributed by atoms with van der Waals surface area (Å²) in [4.78, 5) is 73.2. The third-order valence-electron chi connectivity index (χ3n) is 19.6. The number of aliphatic hydroxyl groups excluding tert-OH is 1. The van der Waals surface area contributed by atoms with E-state index in [9.17, 15) is 43.2 Å². The Morgan fingerprint density at radius 3 is 0.781 bits per heavy atom. The standard InChI is InChI=1S/C86H164O17P2/c1-7-9-11-13-15-17-19-21-23-24-28-32-35-39-43-50-56-62-68-83(88)96-74-81(102-85(90)71-65-59-53-45-41-37-33-29-26-25-27-31-34-38-42-48-54-60-66-78(3)4)76-100-104(92,93)98-72-80(87)73-99-105(94,95)101-77-82(75-97-84(89)69-63-57-51-47-46-49-55-61-67-79(5)6)103-86(91)70-64-58-52-44-40-36-30-22-20-18-16-14-12-10-8-2/h18,20,22,30,78-82,87H,7-17,19,21,23-29,31-77H2,1-6H3,(H,92,93)(H,94,95)/b20-18-,30-22-/t80-,81-,82-/m1/s1. The van der Waals surface area contributed by atoms with Gasteiger partial charge in [-0.1, -0.05) is 380 Å². The fourth-order valence-electron chi connectivity index (χ4n) is 12.9. The van der Waals surface area contributed by atoms with Crippen LogP contribution in [0.4, 0.5) is 0 Å². The molecule has 0 aliphatic heterocycles. The minimum absolute atomic E-state index is 0.0848. The summed E-state index contributed by atoms with van der Waals surface area (Å²) in [6, 6.07) is 0. The molecule has 3 N–H and O–H groups in total. The summed E-state index contributed by atoms with van der Waals surface area (Å²) >= 11 is 0. The Morgan fingerprint density at radius 1 is 0.295 bits per heavy atom. The van der Waals surface area contributed by atoms with Crippen molar-refractivity contribution < 1.29 is 80.2 Å². The summed E-state index contributed by atoms with van der Waals surface area (Å²) in [5.74, 6) is -0.591. The van der Waals surface area contributed by atoms with Crippen molar-refractivity contribution in [2.45, 2.75) is 452 Å². The van der Waals surface area contributed by atoms with Crippen LogP contribution in [0.3, 0.4) is 0 Å². The third kappa shape index (κ3) is 79.4. The van der Waals surface area contributed by atoms with E-state index in [-0.39, 0.29) is 25.7 Å². The summed E-state index contributed by atoms with van der Waals surface area (Å²) < 4.78 is 68.8. The zero-order valence-corrected chi connectivity index (χ0v) is 70.3. The molecular weight excluding hydrogens is 1370 g/mol. The van der Waals surface area contributed by atoms with E-state index in [4.69, 9.17) is 37.0 Å². The van der Waals surface area contributed by atoms with Gasteiger partial charge < -0.3 is 33.8 Å². The number of hydrogen-bond donors (Lipinski definition) is 3.